The van der Waals surface area contributed by atoms with E-state index < -0.39 is 5.54 Å². The highest BCUT2D eigenvalue weighted by molar-refractivity contribution is 5.74. The van der Waals surface area contributed by atoms with E-state index in [2.05, 4.69) is 30.1 Å². The molecule has 120 valence electrons. The van der Waals surface area contributed by atoms with Gasteiger partial charge in [0.1, 0.15) is 5.54 Å². The summed E-state index contributed by atoms with van der Waals surface area (Å²) in [6.45, 7) is 9.41. The second-order valence-corrected chi connectivity index (χ2v) is 5.81. The van der Waals surface area contributed by atoms with Gasteiger partial charge in [0.2, 0.25) is 0 Å². The lowest BCUT2D eigenvalue weighted by Crippen LogP contribution is -2.56. The van der Waals surface area contributed by atoms with Gasteiger partial charge in [-0.1, -0.05) is 13.8 Å². The lowest BCUT2D eigenvalue weighted by atomic mass is 9.89. The summed E-state index contributed by atoms with van der Waals surface area (Å²) in [5.74, 6) is 0. The molecule has 1 heterocycles. The molecule has 0 radical (unpaired) electrons. The Labute approximate surface area is 128 Å². The van der Waals surface area contributed by atoms with Crippen molar-refractivity contribution in [1.82, 2.24) is 20.0 Å². The largest absolute Gasteiger partial charge is 0.331 e. The van der Waals surface area contributed by atoms with Crippen molar-refractivity contribution in [2.24, 2.45) is 0 Å². The summed E-state index contributed by atoms with van der Waals surface area (Å²) in [5.41, 5.74) is -0.476. The summed E-state index contributed by atoms with van der Waals surface area (Å²) in [6.07, 6.45) is 1.39. The Morgan fingerprint density at radius 1 is 1.29 bits per heavy atom. The summed E-state index contributed by atoms with van der Waals surface area (Å²) in [7, 11) is 3.52. The number of likely N-dealkylation sites (N-methyl/N-ethyl adjacent to an activating group) is 1. The van der Waals surface area contributed by atoms with Crippen LogP contribution in [0.4, 0.5) is 4.79 Å². The third kappa shape index (κ3) is 4.87. The van der Waals surface area contributed by atoms with E-state index >= 15 is 0 Å². The normalized spacial score (nSPS) is 17.6. The highest BCUT2D eigenvalue weighted by atomic mass is 16.2. The van der Waals surface area contributed by atoms with Crippen LogP contribution in [0.1, 0.15) is 26.7 Å². The monoisotopic (exact) mass is 295 g/mol. The Kier molecular flexibility index (Phi) is 6.93. The van der Waals surface area contributed by atoms with Crippen LogP contribution in [0, 0.1) is 11.3 Å². The Morgan fingerprint density at radius 2 is 1.86 bits per heavy atom. The van der Waals surface area contributed by atoms with Crippen LogP contribution < -0.4 is 5.32 Å². The highest BCUT2D eigenvalue weighted by Crippen LogP contribution is 2.22. The van der Waals surface area contributed by atoms with Crippen molar-refractivity contribution in [3.8, 4) is 6.07 Å². The van der Waals surface area contributed by atoms with E-state index in [0.717, 1.165) is 26.2 Å². The lowest BCUT2D eigenvalue weighted by molar-refractivity contribution is 0.139. The molecule has 0 unspecified atom stereocenters. The van der Waals surface area contributed by atoms with E-state index in [1.165, 1.54) is 0 Å². The third-order valence-electron chi connectivity index (χ3n) is 4.27. The van der Waals surface area contributed by atoms with Crippen molar-refractivity contribution in [3.63, 3.8) is 0 Å². The zero-order valence-corrected chi connectivity index (χ0v) is 13.9. The first-order valence-corrected chi connectivity index (χ1v) is 7.83. The van der Waals surface area contributed by atoms with Crippen molar-refractivity contribution >= 4 is 6.03 Å². The molecule has 0 aliphatic carbocycles. The van der Waals surface area contributed by atoms with Crippen LogP contribution in [0.25, 0.3) is 0 Å². The molecule has 0 aromatic carbocycles. The minimum Gasteiger partial charge on any atom is -0.331 e. The van der Waals surface area contributed by atoms with Gasteiger partial charge in [0.05, 0.1) is 6.07 Å². The molecule has 6 heteroatoms. The Balaban J connectivity index is 2.46. The van der Waals surface area contributed by atoms with Crippen LogP contribution in [0.15, 0.2) is 0 Å². The number of rotatable bonds is 6. The second-order valence-electron chi connectivity index (χ2n) is 5.81. The zero-order valence-electron chi connectivity index (χ0n) is 13.9. The zero-order chi connectivity index (χ0) is 15.9. The molecule has 1 aliphatic rings. The fourth-order valence-corrected chi connectivity index (χ4v) is 2.68. The summed E-state index contributed by atoms with van der Waals surface area (Å²) >= 11 is 0. The quantitative estimate of drug-likeness (QED) is 0.793. The molecule has 0 spiro atoms. The van der Waals surface area contributed by atoms with Gasteiger partial charge in [0, 0.05) is 40.3 Å². The average Bonchev–Trinajstić information content (AvgIpc) is 2.51. The molecule has 1 rings (SSSR count). The molecule has 0 atom stereocenters. The number of hydrogen-bond donors (Lipinski definition) is 1. The van der Waals surface area contributed by atoms with Crippen LogP contribution in [-0.2, 0) is 0 Å². The van der Waals surface area contributed by atoms with Gasteiger partial charge in [0.25, 0.3) is 0 Å². The smallest absolute Gasteiger partial charge is 0.319 e. The second kappa shape index (κ2) is 8.20. The summed E-state index contributed by atoms with van der Waals surface area (Å²) in [4.78, 5) is 17.7. The number of piperidine rings is 1. The van der Waals surface area contributed by atoms with Gasteiger partial charge in [-0.15, -0.1) is 0 Å². The molecule has 1 aliphatic heterocycles. The number of nitrogens with one attached hydrogen (secondary N) is 1. The average molecular weight is 295 g/mol. The predicted octanol–water partition coefficient (Wildman–Crippen LogP) is 0.958. The van der Waals surface area contributed by atoms with E-state index in [1.54, 1.807) is 19.0 Å². The van der Waals surface area contributed by atoms with Gasteiger partial charge < -0.3 is 14.7 Å². The van der Waals surface area contributed by atoms with Gasteiger partial charge in [-0.3, -0.25) is 5.32 Å². The molecule has 6 nitrogen and oxygen atoms in total. The third-order valence-corrected chi connectivity index (χ3v) is 4.27. The fourth-order valence-electron chi connectivity index (χ4n) is 2.68. The van der Waals surface area contributed by atoms with Crippen molar-refractivity contribution in [2.75, 3.05) is 53.4 Å². The van der Waals surface area contributed by atoms with Crippen molar-refractivity contribution < 1.29 is 4.79 Å². The molecular formula is C15H29N5O. The summed E-state index contributed by atoms with van der Waals surface area (Å²) in [6, 6.07) is 2.47. The van der Waals surface area contributed by atoms with E-state index in [-0.39, 0.29) is 6.03 Å². The van der Waals surface area contributed by atoms with Crippen LogP contribution in [0.3, 0.4) is 0 Å². The van der Waals surface area contributed by atoms with Crippen molar-refractivity contribution in [3.05, 3.63) is 0 Å². The fraction of sp³-hybridized carbons (Fsp3) is 0.867. The number of hydrogen-bond acceptors (Lipinski definition) is 4. The minimum atomic E-state index is -0.476. The topological polar surface area (TPSA) is 62.6 Å². The molecule has 2 amide bonds. The first-order valence-electron chi connectivity index (χ1n) is 7.83. The Hall–Kier alpha value is -1.32. The Morgan fingerprint density at radius 3 is 2.29 bits per heavy atom. The van der Waals surface area contributed by atoms with Crippen molar-refractivity contribution in [2.45, 2.75) is 32.2 Å². The van der Waals surface area contributed by atoms with E-state index in [9.17, 15) is 10.1 Å². The molecule has 1 N–H and O–H groups in total. The van der Waals surface area contributed by atoms with Gasteiger partial charge >= 0.3 is 6.03 Å². The maximum Gasteiger partial charge on any atom is 0.319 e. The predicted molar refractivity (Wildman–Crippen MR) is 84.0 cm³/mol. The number of likely N-dealkylation sites (tertiary alicyclic amines) is 1. The summed E-state index contributed by atoms with van der Waals surface area (Å²) < 4.78 is 0. The van der Waals surface area contributed by atoms with Gasteiger partial charge in [0.15, 0.2) is 0 Å². The summed E-state index contributed by atoms with van der Waals surface area (Å²) in [5, 5.41) is 12.9. The molecule has 1 saturated heterocycles. The van der Waals surface area contributed by atoms with Gasteiger partial charge in [-0.2, -0.15) is 5.26 Å². The maximum absolute atomic E-state index is 11.9. The number of urea groups is 1. The highest BCUT2D eigenvalue weighted by Gasteiger charge is 2.35. The molecular weight excluding hydrogens is 266 g/mol. The first kappa shape index (κ1) is 17.7. The molecule has 0 aromatic heterocycles. The van der Waals surface area contributed by atoms with Crippen LogP contribution in [0.2, 0.25) is 0 Å². The molecule has 0 bridgehead atoms. The number of nitriles is 1. The number of carbonyl (C=O) groups excluding carboxylic acids is 1. The van der Waals surface area contributed by atoms with Crippen LogP contribution in [0.5, 0.6) is 0 Å². The van der Waals surface area contributed by atoms with Gasteiger partial charge in [-0.05, 0) is 25.9 Å². The van der Waals surface area contributed by atoms with E-state index in [1.807, 2.05) is 4.90 Å². The standard InChI is InChI=1S/C15H29N5O/c1-5-19(6-2)12-9-17-15(13-16)7-10-20(11-8-15)14(21)18(3)4/h17H,5-12H2,1-4H3. The van der Waals surface area contributed by atoms with E-state index in [0.29, 0.717) is 25.9 Å². The maximum atomic E-state index is 11.9. The number of amides is 2. The number of nitrogens with zero attached hydrogens (tertiary/aromatic N) is 4. The van der Waals surface area contributed by atoms with Gasteiger partial charge in [-0.25, -0.2) is 4.79 Å². The van der Waals surface area contributed by atoms with Crippen molar-refractivity contribution in [1.29, 1.82) is 5.26 Å². The molecule has 1 fully saturated rings. The van der Waals surface area contributed by atoms with Crippen LogP contribution in [-0.4, -0.2) is 79.6 Å². The Bertz CT molecular complexity index is 365. The van der Waals surface area contributed by atoms with Crippen LogP contribution >= 0.6 is 0 Å². The molecule has 0 aromatic rings. The lowest BCUT2D eigenvalue weighted by Gasteiger charge is -2.39. The molecule has 0 saturated carbocycles. The number of carbonyl (C=O) groups is 1. The molecule has 21 heavy (non-hydrogen) atoms. The minimum absolute atomic E-state index is 0.0321. The van der Waals surface area contributed by atoms with E-state index in [4.69, 9.17) is 0 Å². The first-order chi connectivity index (χ1) is 9.98. The SMILES string of the molecule is CCN(CC)CCNC1(C#N)CCN(C(=O)N(C)C)CC1.